The average Bonchev–Trinajstić information content (AvgIpc) is 3.93. The number of aryl methyl sites for hydroxylation is 4. The molecule has 0 bridgehead atoms. The van der Waals surface area contributed by atoms with Crippen LogP contribution < -0.4 is 0 Å². The van der Waals surface area contributed by atoms with Gasteiger partial charge in [-0.1, -0.05) is 109 Å². The van der Waals surface area contributed by atoms with Crippen molar-refractivity contribution in [3.05, 3.63) is 156 Å². The molecule has 46 heavy (non-hydrogen) atoms. The lowest BCUT2D eigenvalue weighted by molar-refractivity contribution is 1.02. The van der Waals surface area contributed by atoms with Crippen LogP contribution in [0.3, 0.4) is 0 Å². The maximum absolute atomic E-state index is 2.34. The highest BCUT2D eigenvalue weighted by Crippen LogP contribution is 2.43. The van der Waals surface area contributed by atoms with Crippen molar-refractivity contribution in [2.45, 2.75) is 25.7 Å². The number of benzene rings is 6. The van der Waals surface area contributed by atoms with E-state index in [9.17, 15) is 0 Å². The fourth-order valence-electron chi connectivity index (χ4n) is 7.88. The Balaban J connectivity index is 0.904. The van der Waals surface area contributed by atoms with E-state index in [1.165, 1.54) is 122 Å². The molecule has 2 aliphatic rings. The summed E-state index contributed by atoms with van der Waals surface area (Å²) in [7, 11) is 0. The van der Waals surface area contributed by atoms with Gasteiger partial charge in [-0.3, -0.25) is 0 Å². The van der Waals surface area contributed by atoms with E-state index in [4.69, 9.17) is 0 Å². The van der Waals surface area contributed by atoms with Gasteiger partial charge in [0.25, 0.3) is 0 Å². The normalized spacial score (nSPS) is 13.3. The van der Waals surface area contributed by atoms with Crippen LogP contribution in [0.5, 0.6) is 0 Å². The molecule has 0 amide bonds. The topological polar surface area (TPSA) is 0 Å². The minimum Gasteiger partial charge on any atom is -0.134 e. The molecule has 218 valence electrons. The van der Waals surface area contributed by atoms with E-state index in [1.54, 1.807) is 0 Å². The zero-order valence-corrected chi connectivity index (χ0v) is 27.0. The molecule has 6 aromatic carbocycles. The van der Waals surface area contributed by atoms with Crippen LogP contribution in [0, 0.1) is 0 Å². The molecule has 2 aliphatic carbocycles. The highest BCUT2D eigenvalue weighted by Gasteiger charge is 2.18. The number of rotatable bonds is 5. The van der Waals surface area contributed by atoms with Gasteiger partial charge in [0.2, 0.25) is 0 Å². The van der Waals surface area contributed by atoms with Gasteiger partial charge in [0.05, 0.1) is 0 Å². The van der Waals surface area contributed by atoms with E-state index >= 15 is 0 Å². The molecular formula is C44H30S2. The van der Waals surface area contributed by atoms with E-state index in [0.717, 1.165) is 0 Å². The third-order valence-corrected chi connectivity index (χ3v) is 12.6. The molecule has 0 fully saturated rings. The summed E-state index contributed by atoms with van der Waals surface area (Å²) in [6.45, 7) is 0. The average molecular weight is 623 g/mol. The first-order chi connectivity index (χ1) is 22.8. The van der Waals surface area contributed by atoms with E-state index in [1.807, 2.05) is 22.7 Å². The van der Waals surface area contributed by atoms with Crippen molar-refractivity contribution in [1.29, 1.82) is 0 Å². The standard InChI is InChI=1S/C44H30S2/c1-3-31-15-17-33-19-21-35(37(5-1)43(31)33)27-7-11-29(12-8-27)39-23-25-41(45-39)42-26-24-40(46-42)30-13-9-28(10-14-30)36-22-20-34-18-16-32-4-2-6-38(36)44(32)34/h1-14,19-26H,15-18H2. The van der Waals surface area contributed by atoms with Gasteiger partial charge in [0.15, 0.2) is 0 Å². The van der Waals surface area contributed by atoms with Crippen molar-refractivity contribution in [3.8, 4) is 52.9 Å². The van der Waals surface area contributed by atoms with Crippen LogP contribution in [-0.2, 0) is 25.7 Å². The van der Waals surface area contributed by atoms with Gasteiger partial charge in [0, 0.05) is 19.5 Å². The van der Waals surface area contributed by atoms with Crippen molar-refractivity contribution in [2.24, 2.45) is 0 Å². The number of hydrogen-bond donors (Lipinski definition) is 0. The minimum atomic E-state index is 1.17. The number of thiophene rings is 2. The highest BCUT2D eigenvalue weighted by molar-refractivity contribution is 7.25. The predicted molar refractivity (Wildman–Crippen MR) is 199 cm³/mol. The zero-order valence-electron chi connectivity index (χ0n) is 25.3. The van der Waals surface area contributed by atoms with Gasteiger partial charge < -0.3 is 0 Å². The second-order valence-electron chi connectivity index (χ2n) is 12.7. The van der Waals surface area contributed by atoms with E-state index < -0.39 is 0 Å². The van der Waals surface area contributed by atoms with Gasteiger partial charge >= 0.3 is 0 Å². The Morgan fingerprint density at radius 2 is 0.674 bits per heavy atom. The lowest BCUT2D eigenvalue weighted by Crippen LogP contribution is -1.85. The maximum Gasteiger partial charge on any atom is 0.0449 e. The molecule has 0 spiro atoms. The van der Waals surface area contributed by atoms with Crippen molar-refractivity contribution in [1.82, 2.24) is 0 Å². The molecule has 0 aliphatic heterocycles. The monoisotopic (exact) mass is 622 g/mol. The summed E-state index contributed by atoms with van der Waals surface area (Å²) < 4.78 is 0. The summed E-state index contributed by atoms with van der Waals surface area (Å²) in [5.74, 6) is 0. The summed E-state index contributed by atoms with van der Waals surface area (Å²) in [6.07, 6.45) is 4.67. The van der Waals surface area contributed by atoms with Crippen LogP contribution in [0.25, 0.3) is 74.4 Å². The quantitative estimate of drug-likeness (QED) is 0.179. The fraction of sp³-hybridized carbons (Fsp3) is 0.0909. The molecular weight excluding hydrogens is 593 g/mol. The van der Waals surface area contributed by atoms with E-state index in [2.05, 4.69) is 133 Å². The number of hydrogen-bond acceptors (Lipinski definition) is 2. The van der Waals surface area contributed by atoms with E-state index in [-0.39, 0.29) is 0 Å². The lowest BCUT2D eigenvalue weighted by atomic mass is 9.95. The molecule has 0 atom stereocenters. The molecule has 8 aromatic rings. The van der Waals surface area contributed by atoms with Crippen LogP contribution in [0.2, 0.25) is 0 Å². The van der Waals surface area contributed by atoms with Crippen LogP contribution in [0.4, 0.5) is 0 Å². The van der Waals surface area contributed by atoms with Crippen molar-refractivity contribution >= 4 is 44.2 Å². The zero-order chi connectivity index (χ0) is 30.2. The molecule has 0 unspecified atom stereocenters. The fourth-order valence-corrected chi connectivity index (χ4v) is 9.99. The molecule has 0 radical (unpaired) electrons. The SMILES string of the molecule is c1cc2c3c(ccc(-c4ccc(-c5ccc(-c6ccc(-c7ccc(-c8ccc9c%10c(cccc8%10)CC9)cc7)s6)s5)cc4)c3c1)CC2. The Morgan fingerprint density at radius 3 is 1.11 bits per heavy atom. The second-order valence-corrected chi connectivity index (χ2v) is 14.9. The molecule has 2 aromatic heterocycles. The smallest absolute Gasteiger partial charge is 0.0449 e. The molecule has 0 N–H and O–H groups in total. The summed E-state index contributed by atoms with van der Waals surface area (Å²) in [5.41, 5.74) is 13.8. The molecule has 0 nitrogen and oxygen atoms in total. The summed E-state index contributed by atoms with van der Waals surface area (Å²) in [4.78, 5) is 5.28. The molecule has 0 saturated carbocycles. The highest BCUT2D eigenvalue weighted by atomic mass is 32.1. The van der Waals surface area contributed by atoms with Crippen molar-refractivity contribution < 1.29 is 0 Å². The van der Waals surface area contributed by atoms with Crippen LogP contribution in [-0.4, -0.2) is 0 Å². The largest absolute Gasteiger partial charge is 0.134 e. The van der Waals surface area contributed by atoms with Crippen molar-refractivity contribution in [2.75, 3.05) is 0 Å². The van der Waals surface area contributed by atoms with Gasteiger partial charge in [-0.15, -0.1) is 22.7 Å². The first-order valence-corrected chi connectivity index (χ1v) is 17.9. The van der Waals surface area contributed by atoms with E-state index in [0.29, 0.717) is 0 Å². The van der Waals surface area contributed by atoms with Gasteiger partial charge in [-0.2, -0.15) is 0 Å². The van der Waals surface area contributed by atoms with Crippen LogP contribution >= 0.6 is 22.7 Å². The molecule has 2 heterocycles. The summed E-state index contributed by atoms with van der Waals surface area (Å²) in [6, 6.07) is 50.4. The van der Waals surface area contributed by atoms with Crippen molar-refractivity contribution in [3.63, 3.8) is 0 Å². The second kappa shape index (κ2) is 10.4. The first-order valence-electron chi connectivity index (χ1n) is 16.3. The minimum absolute atomic E-state index is 1.17. The molecule has 0 saturated heterocycles. The Labute approximate surface area is 277 Å². The van der Waals surface area contributed by atoms with Crippen LogP contribution in [0.15, 0.2) is 133 Å². The van der Waals surface area contributed by atoms with Crippen LogP contribution in [0.1, 0.15) is 22.3 Å². The molecule has 10 rings (SSSR count). The Bertz CT molecular complexity index is 2260. The first kappa shape index (κ1) is 26.5. The van der Waals surface area contributed by atoms with Gasteiger partial charge in [-0.05, 0) is 127 Å². The van der Waals surface area contributed by atoms with Gasteiger partial charge in [-0.25, -0.2) is 0 Å². The Hall–Kier alpha value is -4.76. The third kappa shape index (κ3) is 4.17. The summed E-state index contributed by atoms with van der Waals surface area (Å²) >= 11 is 3.77. The third-order valence-electron chi connectivity index (χ3n) is 10.2. The summed E-state index contributed by atoms with van der Waals surface area (Å²) in [5, 5.41) is 5.75. The lowest BCUT2D eigenvalue weighted by Gasteiger charge is -2.10. The Morgan fingerprint density at radius 1 is 0.304 bits per heavy atom. The Kier molecular flexibility index (Phi) is 5.97. The molecule has 2 heteroatoms. The maximum atomic E-state index is 2.34. The van der Waals surface area contributed by atoms with Gasteiger partial charge in [0.1, 0.15) is 0 Å². The predicted octanol–water partition coefficient (Wildman–Crippen LogP) is 12.6.